The van der Waals surface area contributed by atoms with Gasteiger partial charge in [-0.2, -0.15) is 0 Å². The van der Waals surface area contributed by atoms with E-state index in [-0.39, 0.29) is 11.8 Å². The summed E-state index contributed by atoms with van der Waals surface area (Å²) in [4.78, 5) is 0. The van der Waals surface area contributed by atoms with E-state index in [0.29, 0.717) is 5.02 Å². The van der Waals surface area contributed by atoms with Crippen molar-refractivity contribution in [1.82, 2.24) is 0 Å². The quantitative estimate of drug-likeness (QED) is 0.851. The number of benzene rings is 2. The molecule has 0 saturated heterocycles. The summed E-state index contributed by atoms with van der Waals surface area (Å²) in [5.74, 6) is 0.257. The lowest BCUT2D eigenvalue weighted by Crippen LogP contribution is -2.07. The number of hydrogen-bond donors (Lipinski definition) is 2. The normalized spacial score (nSPS) is 12.2. The lowest BCUT2D eigenvalue weighted by molar-refractivity contribution is 0.465. The number of hydrogen-bond acceptors (Lipinski definition) is 2. The van der Waals surface area contributed by atoms with Crippen molar-refractivity contribution in [2.24, 2.45) is 0 Å². The summed E-state index contributed by atoms with van der Waals surface area (Å²) in [5.41, 5.74) is 3.03. The number of rotatable bonds is 3. The third kappa shape index (κ3) is 2.77. The van der Waals surface area contributed by atoms with Crippen molar-refractivity contribution in [2.45, 2.75) is 19.9 Å². The highest BCUT2D eigenvalue weighted by atomic mass is 35.5. The average Bonchev–Trinajstić information content (AvgIpc) is 2.35. The molecule has 18 heavy (non-hydrogen) atoms. The molecule has 0 bridgehead atoms. The monoisotopic (exact) mass is 261 g/mol. The fourth-order valence-corrected chi connectivity index (χ4v) is 2.10. The van der Waals surface area contributed by atoms with Crippen LogP contribution in [0.1, 0.15) is 24.1 Å². The molecule has 0 aliphatic carbocycles. The first kappa shape index (κ1) is 12.8. The number of aryl methyl sites for hydroxylation is 1. The molecule has 0 heterocycles. The van der Waals surface area contributed by atoms with Gasteiger partial charge in [0, 0.05) is 16.3 Å². The van der Waals surface area contributed by atoms with E-state index in [4.69, 9.17) is 11.6 Å². The third-order valence-corrected chi connectivity index (χ3v) is 3.21. The summed E-state index contributed by atoms with van der Waals surface area (Å²) in [6.07, 6.45) is 0. The summed E-state index contributed by atoms with van der Waals surface area (Å²) < 4.78 is 0. The molecule has 1 atom stereocenters. The SMILES string of the molecule is Cc1ccccc1N[C@H](C)c1cc(Cl)ccc1O. The Morgan fingerprint density at radius 2 is 1.89 bits per heavy atom. The second kappa shape index (κ2) is 5.32. The van der Waals surface area contributed by atoms with Crippen LogP contribution in [0, 0.1) is 6.92 Å². The minimum absolute atomic E-state index is 0.00944. The molecule has 0 radical (unpaired) electrons. The van der Waals surface area contributed by atoms with E-state index in [1.54, 1.807) is 18.2 Å². The highest BCUT2D eigenvalue weighted by molar-refractivity contribution is 6.30. The van der Waals surface area contributed by atoms with Gasteiger partial charge in [-0.15, -0.1) is 0 Å². The molecule has 2 rings (SSSR count). The van der Waals surface area contributed by atoms with Crippen molar-refractivity contribution in [3.8, 4) is 5.75 Å². The predicted molar refractivity (Wildman–Crippen MR) is 76.3 cm³/mol. The highest BCUT2D eigenvalue weighted by Crippen LogP contribution is 2.30. The van der Waals surface area contributed by atoms with Crippen LogP contribution in [0.15, 0.2) is 42.5 Å². The number of phenols is 1. The standard InChI is InChI=1S/C15H16ClNO/c1-10-5-3-4-6-14(10)17-11(2)13-9-12(16)7-8-15(13)18/h3-9,11,17-18H,1-2H3/t11-/m1/s1. The summed E-state index contributed by atoms with van der Waals surface area (Å²) in [6.45, 7) is 4.05. The van der Waals surface area contributed by atoms with Crippen LogP contribution in [0.4, 0.5) is 5.69 Å². The largest absolute Gasteiger partial charge is 0.508 e. The molecule has 0 amide bonds. The van der Waals surface area contributed by atoms with Gasteiger partial charge in [0.25, 0.3) is 0 Å². The molecule has 0 fully saturated rings. The van der Waals surface area contributed by atoms with Crippen LogP contribution in [-0.2, 0) is 0 Å². The Kier molecular flexibility index (Phi) is 3.78. The van der Waals surface area contributed by atoms with E-state index < -0.39 is 0 Å². The van der Waals surface area contributed by atoms with E-state index in [1.165, 1.54) is 5.56 Å². The maximum Gasteiger partial charge on any atom is 0.120 e. The van der Waals surface area contributed by atoms with Crippen molar-refractivity contribution in [3.05, 3.63) is 58.6 Å². The highest BCUT2D eigenvalue weighted by Gasteiger charge is 2.11. The fraction of sp³-hybridized carbons (Fsp3) is 0.200. The fourth-order valence-electron chi connectivity index (χ4n) is 1.92. The first-order chi connectivity index (χ1) is 8.58. The number of nitrogens with one attached hydrogen (secondary N) is 1. The topological polar surface area (TPSA) is 32.3 Å². The second-order valence-electron chi connectivity index (χ2n) is 4.38. The molecule has 2 aromatic rings. The Bertz CT molecular complexity index is 554. The Hall–Kier alpha value is -1.67. The van der Waals surface area contributed by atoms with E-state index in [2.05, 4.69) is 5.32 Å². The maximum atomic E-state index is 9.85. The van der Waals surface area contributed by atoms with Crippen molar-refractivity contribution in [2.75, 3.05) is 5.32 Å². The molecule has 0 saturated carbocycles. The minimum Gasteiger partial charge on any atom is -0.508 e. The lowest BCUT2D eigenvalue weighted by Gasteiger charge is -2.18. The van der Waals surface area contributed by atoms with Gasteiger partial charge in [0.05, 0.1) is 6.04 Å². The zero-order valence-corrected chi connectivity index (χ0v) is 11.2. The first-order valence-corrected chi connectivity index (χ1v) is 6.26. The molecule has 0 aliphatic heterocycles. The number of para-hydroxylation sites is 1. The Morgan fingerprint density at radius 1 is 1.17 bits per heavy atom. The van der Waals surface area contributed by atoms with Crippen LogP contribution in [0.2, 0.25) is 5.02 Å². The second-order valence-corrected chi connectivity index (χ2v) is 4.82. The minimum atomic E-state index is -0.00944. The summed E-state index contributed by atoms with van der Waals surface area (Å²) >= 11 is 5.96. The van der Waals surface area contributed by atoms with E-state index in [1.807, 2.05) is 38.1 Å². The van der Waals surface area contributed by atoms with Gasteiger partial charge < -0.3 is 10.4 Å². The zero-order valence-electron chi connectivity index (χ0n) is 10.4. The Morgan fingerprint density at radius 3 is 2.61 bits per heavy atom. The molecule has 94 valence electrons. The van der Waals surface area contributed by atoms with Crippen LogP contribution >= 0.6 is 11.6 Å². The summed E-state index contributed by atoms with van der Waals surface area (Å²) in [7, 11) is 0. The van der Waals surface area contributed by atoms with Gasteiger partial charge in [-0.3, -0.25) is 0 Å². The van der Waals surface area contributed by atoms with Crippen molar-refractivity contribution in [3.63, 3.8) is 0 Å². The molecule has 2 N–H and O–H groups in total. The summed E-state index contributed by atoms with van der Waals surface area (Å²) in [6, 6.07) is 13.1. The van der Waals surface area contributed by atoms with Crippen LogP contribution in [-0.4, -0.2) is 5.11 Å². The third-order valence-electron chi connectivity index (χ3n) is 2.97. The Balaban J connectivity index is 2.25. The molecule has 3 heteroatoms. The maximum absolute atomic E-state index is 9.85. The van der Waals surface area contributed by atoms with E-state index >= 15 is 0 Å². The molecule has 0 unspecified atom stereocenters. The van der Waals surface area contributed by atoms with Crippen LogP contribution in [0.25, 0.3) is 0 Å². The van der Waals surface area contributed by atoms with Crippen LogP contribution < -0.4 is 5.32 Å². The smallest absolute Gasteiger partial charge is 0.120 e. The van der Waals surface area contributed by atoms with Gasteiger partial charge in [-0.25, -0.2) is 0 Å². The number of halogens is 1. The molecule has 0 spiro atoms. The van der Waals surface area contributed by atoms with Crippen LogP contribution in [0.3, 0.4) is 0 Å². The number of phenolic OH excluding ortho intramolecular Hbond substituents is 1. The van der Waals surface area contributed by atoms with Gasteiger partial charge >= 0.3 is 0 Å². The summed E-state index contributed by atoms with van der Waals surface area (Å²) in [5, 5.41) is 13.9. The zero-order chi connectivity index (χ0) is 13.1. The van der Waals surface area contributed by atoms with Gasteiger partial charge in [0.1, 0.15) is 5.75 Å². The first-order valence-electron chi connectivity index (χ1n) is 5.88. The number of aromatic hydroxyl groups is 1. The molecule has 2 aromatic carbocycles. The number of anilines is 1. The van der Waals surface area contributed by atoms with Gasteiger partial charge in [0.2, 0.25) is 0 Å². The lowest BCUT2D eigenvalue weighted by atomic mass is 10.1. The van der Waals surface area contributed by atoms with Gasteiger partial charge in [-0.1, -0.05) is 29.8 Å². The van der Waals surface area contributed by atoms with Crippen LogP contribution in [0.5, 0.6) is 5.75 Å². The molecule has 0 aromatic heterocycles. The van der Waals surface area contributed by atoms with Crippen molar-refractivity contribution >= 4 is 17.3 Å². The van der Waals surface area contributed by atoms with E-state index in [9.17, 15) is 5.11 Å². The van der Waals surface area contributed by atoms with Gasteiger partial charge in [0.15, 0.2) is 0 Å². The molecule has 2 nitrogen and oxygen atoms in total. The van der Waals surface area contributed by atoms with E-state index in [0.717, 1.165) is 11.3 Å². The predicted octanol–water partition coefficient (Wildman–Crippen LogP) is 4.53. The van der Waals surface area contributed by atoms with Crippen molar-refractivity contribution in [1.29, 1.82) is 0 Å². The molecular weight excluding hydrogens is 246 g/mol. The molecular formula is C15H16ClNO. The average molecular weight is 262 g/mol. The van der Waals surface area contributed by atoms with Crippen molar-refractivity contribution < 1.29 is 5.11 Å². The molecule has 0 aliphatic rings. The van der Waals surface area contributed by atoms with Gasteiger partial charge in [-0.05, 0) is 43.7 Å². The Labute approximate surface area is 112 Å².